The molecular weight excluding hydrogens is 174 g/mol. The predicted octanol–water partition coefficient (Wildman–Crippen LogP) is 1.67. The molecule has 1 fully saturated rings. The van der Waals surface area contributed by atoms with E-state index < -0.39 is 0 Å². The van der Waals surface area contributed by atoms with Crippen LogP contribution in [0, 0.1) is 0 Å². The van der Waals surface area contributed by atoms with Crippen molar-refractivity contribution in [1.29, 1.82) is 0 Å². The smallest absolute Gasteiger partial charge is 0.0687 e. The predicted molar refractivity (Wildman–Crippen MR) is 57.3 cm³/mol. The quantitative estimate of drug-likeness (QED) is 0.773. The van der Waals surface area contributed by atoms with Crippen LogP contribution >= 0.6 is 0 Å². The van der Waals surface area contributed by atoms with Gasteiger partial charge >= 0.3 is 0 Å². The molecule has 1 saturated carbocycles. The zero-order valence-corrected chi connectivity index (χ0v) is 8.87. The van der Waals surface area contributed by atoms with Crippen molar-refractivity contribution in [3.63, 3.8) is 0 Å². The summed E-state index contributed by atoms with van der Waals surface area (Å²) in [6.07, 6.45) is 6.95. The van der Waals surface area contributed by atoms with E-state index in [0.29, 0.717) is 0 Å². The van der Waals surface area contributed by atoms with Gasteiger partial charge in [-0.05, 0) is 37.8 Å². The third kappa shape index (κ3) is 1.98. The summed E-state index contributed by atoms with van der Waals surface area (Å²) in [5.74, 6) is 0.745. The molecule has 2 rings (SSSR count). The Hall–Kier alpha value is -0.830. The van der Waals surface area contributed by atoms with Crippen LogP contribution in [0.5, 0.6) is 0 Å². The van der Waals surface area contributed by atoms with Gasteiger partial charge in [-0.15, -0.1) is 0 Å². The molecule has 1 aromatic rings. The third-order valence-electron chi connectivity index (χ3n) is 2.70. The van der Waals surface area contributed by atoms with Crippen LogP contribution in [0.15, 0.2) is 6.20 Å². The standard InChI is InChI=1S/C11H19N3/c1-2-7-14-8-10(5-6-12)11(13-14)9-3-4-9/h8-9H,2-7,12H2,1H3. The van der Waals surface area contributed by atoms with E-state index in [2.05, 4.69) is 22.9 Å². The van der Waals surface area contributed by atoms with Crippen LogP contribution in [-0.2, 0) is 13.0 Å². The van der Waals surface area contributed by atoms with Gasteiger partial charge in [-0.1, -0.05) is 6.92 Å². The summed E-state index contributed by atoms with van der Waals surface area (Å²) in [5, 5.41) is 4.64. The molecule has 0 spiro atoms. The average molecular weight is 193 g/mol. The molecule has 2 N–H and O–H groups in total. The second-order valence-corrected chi connectivity index (χ2v) is 4.12. The first-order valence-electron chi connectivity index (χ1n) is 5.61. The highest BCUT2D eigenvalue weighted by molar-refractivity contribution is 5.25. The van der Waals surface area contributed by atoms with Crippen molar-refractivity contribution in [3.8, 4) is 0 Å². The number of aromatic nitrogens is 2. The van der Waals surface area contributed by atoms with Gasteiger partial charge in [0.25, 0.3) is 0 Å². The van der Waals surface area contributed by atoms with Gasteiger partial charge in [-0.2, -0.15) is 5.10 Å². The van der Waals surface area contributed by atoms with Gasteiger partial charge in [0.1, 0.15) is 0 Å². The maximum absolute atomic E-state index is 5.60. The van der Waals surface area contributed by atoms with Crippen LogP contribution in [0.3, 0.4) is 0 Å². The summed E-state index contributed by atoms with van der Waals surface area (Å²) in [5.41, 5.74) is 8.30. The summed E-state index contributed by atoms with van der Waals surface area (Å²) in [6.45, 7) is 3.95. The molecular formula is C11H19N3. The molecule has 0 saturated heterocycles. The van der Waals surface area contributed by atoms with Crippen molar-refractivity contribution in [1.82, 2.24) is 9.78 Å². The fourth-order valence-electron chi connectivity index (χ4n) is 1.87. The van der Waals surface area contributed by atoms with Crippen molar-refractivity contribution in [2.45, 2.75) is 45.1 Å². The summed E-state index contributed by atoms with van der Waals surface area (Å²) in [6, 6.07) is 0. The molecule has 0 aromatic carbocycles. The molecule has 78 valence electrons. The molecule has 1 aliphatic rings. The van der Waals surface area contributed by atoms with E-state index >= 15 is 0 Å². The largest absolute Gasteiger partial charge is 0.330 e. The number of hydrogen-bond acceptors (Lipinski definition) is 2. The highest BCUT2D eigenvalue weighted by Gasteiger charge is 2.28. The summed E-state index contributed by atoms with van der Waals surface area (Å²) in [7, 11) is 0. The summed E-state index contributed by atoms with van der Waals surface area (Å²) >= 11 is 0. The van der Waals surface area contributed by atoms with Crippen LogP contribution < -0.4 is 5.73 Å². The van der Waals surface area contributed by atoms with Crippen LogP contribution in [0.1, 0.15) is 43.4 Å². The lowest BCUT2D eigenvalue weighted by Gasteiger charge is -1.96. The topological polar surface area (TPSA) is 43.8 Å². The van der Waals surface area contributed by atoms with E-state index in [4.69, 9.17) is 5.73 Å². The van der Waals surface area contributed by atoms with E-state index in [1.807, 2.05) is 0 Å². The Morgan fingerprint density at radius 3 is 2.93 bits per heavy atom. The Bertz CT molecular complexity index is 299. The minimum Gasteiger partial charge on any atom is -0.330 e. The first-order valence-corrected chi connectivity index (χ1v) is 5.61. The zero-order valence-electron chi connectivity index (χ0n) is 8.87. The van der Waals surface area contributed by atoms with Crippen molar-refractivity contribution in [2.24, 2.45) is 5.73 Å². The van der Waals surface area contributed by atoms with Crippen LogP contribution in [0.25, 0.3) is 0 Å². The van der Waals surface area contributed by atoms with Gasteiger partial charge in [0.15, 0.2) is 0 Å². The second kappa shape index (κ2) is 4.13. The van der Waals surface area contributed by atoms with Gasteiger partial charge in [-0.25, -0.2) is 0 Å². The molecule has 0 atom stereocenters. The van der Waals surface area contributed by atoms with Crippen LogP contribution in [0.2, 0.25) is 0 Å². The molecule has 0 amide bonds. The van der Waals surface area contributed by atoms with Gasteiger partial charge in [0.2, 0.25) is 0 Å². The SMILES string of the molecule is CCCn1cc(CCN)c(C2CC2)n1. The molecule has 1 aromatic heterocycles. The van der Waals surface area contributed by atoms with Crippen molar-refractivity contribution >= 4 is 0 Å². The van der Waals surface area contributed by atoms with Crippen LogP contribution in [-0.4, -0.2) is 16.3 Å². The molecule has 14 heavy (non-hydrogen) atoms. The van der Waals surface area contributed by atoms with E-state index in [1.54, 1.807) is 0 Å². The second-order valence-electron chi connectivity index (χ2n) is 4.12. The minimum atomic E-state index is 0.734. The number of nitrogens with two attached hydrogens (primary N) is 1. The van der Waals surface area contributed by atoms with Gasteiger partial charge < -0.3 is 5.73 Å². The van der Waals surface area contributed by atoms with Gasteiger partial charge in [0, 0.05) is 18.7 Å². The minimum absolute atomic E-state index is 0.734. The molecule has 1 aliphatic carbocycles. The first-order chi connectivity index (χ1) is 6.85. The molecule has 1 heterocycles. The fraction of sp³-hybridized carbons (Fsp3) is 0.727. The molecule has 3 nitrogen and oxygen atoms in total. The number of aryl methyl sites for hydroxylation is 1. The maximum atomic E-state index is 5.60. The Morgan fingerprint density at radius 1 is 1.57 bits per heavy atom. The Morgan fingerprint density at radius 2 is 2.36 bits per heavy atom. The molecule has 0 unspecified atom stereocenters. The fourth-order valence-corrected chi connectivity index (χ4v) is 1.87. The van der Waals surface area contributed by atoms with Crippen molar-refractivity contribution in [3.05, 3.63) is 17.5 Å². The lowest BCUT2D eigenvalue weighted by molar-refractivity contribution is 0.594. The lowest BCUT2D eigenvalue weighted by Crippen LogP contribution is -2.03. The molecule has 0 aliphatic heterocycles. The number of nitrogens with zero attached hydrogens (tertiary/aromatic N) is 2. The van der Waals surface area contributed by atoms with Gasteiger partial charge in [0.05, 0.1) is 5.69 Å². The molecule has 0 radical (unpaired) electrons. The monoisotopic (exact) mass is 193 g/mol. The number of hydrogen-bond donors (Lipinski definition) is 1. The normalized spacial score (nSPS) is 16.1. The van der Waals surface area contributed by atoms with E-state index in [1.165, 1.54) is 24.1 Å². The third-order valence-corrected chi connectivity index (χ3v) is 2.70. The maximum Gasteiger partial charge on any atom is 0.0687 e. The van der Waals surface area contributed by atoms with Crippen molar-refractivity contribution < 1.29 is 0 Å². The summed E-state index contributed by atoms with van der Waals surface area (Å²) in [4.78, 5) is 0. The van der Waals surface area contributed by atoms with E-state index in [-0.39, 0.29) is 0 Å². The highest BCUT2D eigenvalue weighted by atomic mass is 15.3. The molecule has 0 bridgehead atoms. The average Bonchev–Trinajstić information content (AvgIpc) is 2.92. The molecule has 3 heteroatoms. The zero-order chi connectivity index (χ0) is 9.97. The summed E-state index contributed by atoms with van der Waals surface area (Å²) < 4.78 is 2.08. The van der Waals surface area contributed by atoms with E-state index in [9.17, 15) is 0 Å². The Kier molecular flexibility index (Phi) is 2.87. The van der Waals surface area contributed by atoms with Crippen LogP contribution in [0.4, 0.5) is 0 Å². The van der Waals surface area contributed by atoms with E-state index in [0.717, 1.165) is 31.8 Å². The Balaban J connectivity index is 2.16. The lowest BCUT2D eigenvalue weighted by atomic mass is 10.1. The van der Waals surface area contributed by atoms with Crippen molar-refractivity contribution in [2.75, 3.05) is 6.54 Å². The first kappa shape index (κ1) is 9.71. The number of rotatable bonds is 5. The highest BCUT2D eigenvalue weighted by Crippen LogP contribution is 2.40. The van der Waals surface area contributed by atoms with Gasteiger partial charge in [-0.3, -0.25) is 4.68 Å². The Labute approximate surface area is 85.3 Å².